The lowest BCUT2D eigenvalue weighted by Gasteiger charge is -1.95. The highest BCUT2D eigenvalue weighted by Crippen LogP contribution is 2.03. The topological polar surface area (TPSA) is 68.3 Å². The summed E-state index contributed by atoms with van der Waals surface area (Å²) in [5.41, 5.74) is 0.999. The Hall–Kier alpha value is -2.04. The molecule has 0 atom stereocenters. The Kier molecular flexibility index (Phi) is 2.06. The van der Waals surface area contributed by atoms with Crippen LogP contribution >= 0.6 is 0 Å². The van der Waals surface area contributed by atoms with Crippen LogP contribution in [0.4, 0.5) is 0 Å². The van der Waals surface area contributed by atoms with Gasteiger partial charge in [-0.3, -0.25) is 4.68 Å². The van der Waals surface area contributed by atoms with Gasteiger partial charge in [0.25, 0.3) is 0 Å². The van der Waals surface area contributed by atoms with Gasteiger partial charge in [-0.25, -0.2) is 4.79 Å². The molecular formula is C9H8N2O3. The molecule has 0 saturated carbocycles. The summed E-state index contributed by atoms with van der Waals surface area (Å²) >= 11 is 0. The van der Waals surface area contributed by atoms with Crippen LogP contribution in [0.2, 0.25) is 0 Å². The Morgan fingerprint density at radius 1 is 1.57 bits per heavy atom. The van der Waals surface area contributed by atoms with Gasteiger partial charge in [-0.1, -0.05) is 0 Å². The van der Waals surface area contributed by atoms with Gasteiger partial charge in [0.05, 0.1) is 19.1 Å². The Morgan fingerprint density at radius 2 is 2.43 bits per heavy atom. The van der Waals surface area contributed by atoms with E-state index in [1.54, 1.807) is 23.4 Å². The largest absolute Gasteiger partial charge is 0.476 e. The molecule has 0 aliphatic heterocycles. The van der Waals surface area contributed by atoms with E-state index in [1.807, 2.05) is 6.07 Å². The quantitative estimate of drug-likeness (QED) is 0.793. The van der Waals surface area contributed by atoms with Gasteiger partial charge >= 0.3 is 5.97 Å². The third-order valence-corrected chi connectivity index (χ3v) is 1.78. The molecular weight excluding hydrogens is 184 g/mol. The molecule has 5 nitrogen and oxygen atoms in total. The molecule has 0 aliphatic carbocycles. The average Bonchev–Trinajstić information content (AvgIpc) is 2.75. The van der Waals surface area contributed by atoms with Crippen LogP contribution < -0.4 is 0 Å². The van der Waals surface area contributed by atoms with Crippen LogP contribution in [0.1, 0.15) is 16.1 Å². The van der Waals surface area contributed by atoms with E-state index in [1.165, 1.54) is 6.07 Å². The number of aromatic nitrogens is 2. The van der Waals surface area contributed by atoms with Gasteiger partial charge in [-0.05, 0) is 12.1 Å². The first-order valence-electron chi connectivity index (χ1n) is 4.03. The number of carboxylic acids is 1. The molecule has 2 aromatic heterocycles. The Bertz CT molecular complexity index is 431. The van der Waals surface area contributed by atoms with Crippen LogP contribution in [-0.2, 0) is 6.54 Å². The predicted molar refractivity (Wildman–Crippen MR) is 47.0 cm³/mol. The molecule has 0 saturated heterocycles. The summed E-state index contributed by atoms with van der Waals surface area (Å²) in [6.07, 6.45) is 4.79. The number of hydrogen-bond donors (Lipinski definition) is 1. The van der Waals surface area contributed by atoms with Crippen molar-refractivity contribution in [3.63, 3.8) is 0 Å². The number of aromatic carboxylic acids is 1. The van der Waals surface area contributed by atoms with Crippen molar-refractivity contribution in [1.29, 1.82) is 0 Å². The van der Waals surface area contributed by atoms with Gasteiger partial charge in [-0.15, -0.1) is 0 Å². The molecule has 5 heteroatoms. The van der Waals surface area contributed by atoms with E-state index in [4.69, 9.17) is 9.52 Å². The van der Waals surface area contributed by atoms with Crippen molar-refractivity contribution in [1.82, 2.24) is 9.78 Å². The second kappa shape index (κ2) is 3.37. The van der Waals surface area contributed by atoms with Crippen LogP contribution in [0, 0.1) is 0 Å². The lowest BCUT2D eigenvalue weighted by molar-refractivity contribution is 0.0689. The van der Waals surface area contributed by atoms with E-state index >= 15 is 0 Å². The van der Waals surface area contributed by atoms with E-state index < -0.39 is 5.97 Å². The van der Waals surface area contributed by atoms with Crippen LogP contribution in [0.15, 0.2) is 35.3 Å². The van der Waals surface area contributed by atoms with Crippen LogP contribution in [-0.4, -0.2) is 20.9 Å². The third-order valence-electron chi connectivity index (χ3n) is 1.78. The zero-order valence-electron chi connectivity index (χ0n) is 7.25. The minimum atomic E-state index is -1.02. The molecule has 0 unspecified atom stereocenters. The minimum absolute atomic E-state index is 0.0495. The van der Waals surface area contributed by atoms with E-state index in [2.05, 4.69) is 5.10 Å². The van der Waals surface area contributed by atoms with Crippen molar-refractivity contribution in [2.75, 3.05) is 0 Å². The SMILES string of the molecule is O=C(O)c1ccn(Cc2ccoc2)n1. The highest BCUT2D eigenvalue weighted by atomic mass is 16.4. The molecule has 2 aromatic rings. The molecule has 0 aromatic carbocycles. The van der Waals surface area contributed by atoms with Gasteiger partial charge in [0.15, 0.2) is 5.69 Å². The molecule has 0 spiro atoms. The maximum Gasteiger partial charge on any atom is 0.356 e. The van der Waals surface area contributed by atoms with Crippen molar-refractivity contribution < 1.29 is 14.3 Å². The number of rotatable bonds is 3. The summed E-state index contributed by atoms with van der Waals surface area (Å²) in [7, 11) is 0. The molecule has 0 bridgehead atoms. The maximum atomic E-state index is 10.5. The summed E-state index contributed by atoms with van der Waals surface area (Å²) in [5.74, 6) is -1.02. The number of carboxylic acid groups (broad SMARTS) is 1. The molecule has 0 aliphatic rings. The van der Waals surface area contributed by atoms with E-state index in [-0.39, 0.29) is 5.69 Å². The zero-order chi connectivity index (χ0) is 9.97. The number of hydrogen-bond acceptors (Lipinski definition) is 3. The lowest BCUT2D eigenvalue weighted by atomic mass is 10.3. The number of furan rings is 1. The van der Waals surface area contributed by atoms with Gasteiger partial charge < -0.3 is 9.52 Å². The van der Waals surface area contributed by atoms with Crippen LogP contribution in [0.3, 0.4) is 0 Å². The van der Waals surface area contributed by atoms with Crippen molar-refractivity contribution in [3.05, 3.63) is 42.1 Å². The Labute approximate surface area is 79.6 Å². The highest BCUT2D eigenvalue weighted by Gasteiger charge is 2.06. The van der Waals surface area contributed by atoms with Gasteiger partial charge in [0.1, 0.15) is 0 Å². The zero-order valence-corrected chi connectivity index (χ0v) is 7.25. The molecule has 1 N–H and O–H groups in total. The summed E-state index contributed by atoms with van der Waals surface area (Å²) in [5, 5.41) is 12.5. The minimum Gasteiger partial charge on any atom is -0.476 e. The van der Waals surface area contributed by atoms with Crippen molar-refractivity contribution in [3.8, 4) is 0 Å². The highest BCUT2D eigenvalue weighted by molar-refractivity contribution is 5.85. The molecule has 72 valence electrons. The maximum absolute atomic E-state index is 10.5. The Balaban J connectivity index is 2.14. The van der Waals surface area contributed by atoms with E-state index in [0.29, 0.717) is 6.54 Å². The molecule has 0 amide bonds. The van der Waals surface area contributed by atoms with E-state index in [0.717, 1.165) is 5.56 Å². The second-order valence-electron chi connectivity index (χ2n) is 2.84. The smallest absolute Gasteiger partial charge is 0.356 e. The van der Waals surface area contributed by atoms with Crippen LogP contribution in [0.25, 0.3) is 0 Å². The fourth-order valence-electron chi connectivity index (χ4n) is 1.13. The normalized spacial score (nSPS) is 10.3. The first kappa shape index (κ1) is 8.55. The number of carbonyl (C=O) groups is 1. The fraction of sp³-hybridized carbons (Fsp3) is 0.111. The molecule has 0 fully saturated rings. The predicted octanol–water partition coefficient (Wildman–Crippen LogP) is 1.22. The summed E-state index contributed by atoms with van der Waals surface area (Å²) in [4.78, 5) is 10.5. The summed E-state index contributed by atoms with van der Waals surface area (Å²) in [6.45, 7) is 0.518. The molecule has 14 heavy (non-hydrogen) atoms. The molecule has 0 radical (unpaired) electrons. The summed E-state index contributed by atoms with van der Waals surface area (Å²) in [6, 6.07) is 3.27. The monoisotopic (exact) mass is 192 g/mol. The third kappa shape index (κ3) is 1.66. The fourth-order valence-corrected chi connectivity index (χ4v) is 1.13. The average molecular weight is 192 g/mol. The van der Waals surface area contributed by atoms with Gasteiger partial charge in [-0.2, -0.15) is 5.10 Å². The molecule has 2 heterocycles. The second-order valence-corrected chi connectivity index (χ2v) is 2.84. The van der Waals surface area contributed by atoms with Gasteiger partial charge in [0, 0.05) is 11.8 Å². The summed E-state index contributed by atoms with van der Waals surface area (Å²) < 4.78 is 6.43. The lowest BCUT2D eigenvalue weighted by Crippen LogP contribution is -2.03. The van der Waals surface area contributed by atoms with E-state index in [9.17, 15) is 4.79 Å². The van der Waals surface area contributed by atoms with Crippen molar-refractivity contribution in [2.24, 2.45) is 0 Å². The van der Waals surface area contributed by atoms with Crippen molar-refractivity contribution >= 4 is 5.97 Å². The standard InChI is InChI=1S/C9H8N2O3/c12-9(13)8-1-3-11(10-8)5-7-2-4-14-6-7/h1-4,6H,5H2,(H,12,13). The first-order valence-corrected chi connectivity index (χ1v) is 4.03. The number of nitrogens with zero attached hydrogens (tertiary/aromatic N) is 2. The Morgan fingerprint density at radius 3 is 3.00 bits per heavy atom. The van der Waals surface area contributed by atoms with Gasteiger partial charge in [0.2, 0.25) is 0 Å². The molecule has 2 rings (SSSR count). The first-order chi connectivity index (χ1) is 6.75. The van der Waals surface area contributed by atoms with Crippen LogP contribution in [0.5, 0.6) is 0 Å². The van der Waals surface area contributed by atoms with Crippen molar-refractivity contribution in [2.45, 2.75) is 6.54 Å².